The van der Waals surface area contributed by atoms with Gasteiger partial charge in [0.2, 0.25) is 0 Å². The first-order valence-corrected chi connectivity index (χ1v) is 3.31. The Balaban J connectivity index is 2.37. The van der Waals surface area contributed by atoms with Crippen LogP contribution in [0, 0.1) is 0 Å². The van der Waals surface area contributed by atoms with E-state index in [1.807, 2.05) is 0 Å². The van der Waals surface area contributed by atoms with Crippen LogP contribution in [0.4, 0.5) is 0 Å². The Morgan fingerprint density at radius 1 is 1.80 bits per heavy atom. The van der Waals surface area contributed by atoms with Crippen molar-refractivity contribution in [2.75, 3.05) is 13.7 Å². The molecule has 10 heavy (non-hydrogen) atoms. The van der Waals surface area contributed by atoms with Crippen molar-refractivity contribution in [3.8, 4) is 0 Å². The summed E-state index contributed by atoms with van der Waals surface area (Å²) in [5.74, 6) is -0.215. The molecule has 3 N–H and O–H groups in total. The molecule has 1 heterocycles. The van der Waals surface area contributed by atoms with Gasteiger partial charge in [-0.1, -0.05) is 0 Å². The van der Waals surface area contributed by atoms with Crippen LogP contribution in [0.2, 0.25) is 0 Å². The third-order valence-electron chi connectivity index (χ3n) is 1.65. The first-order valence-electron chi connectivity index (χ1n) is 3.31. The Bertz CT molecular complexity index is 138. The third kappa shape index (κ3) is 1.46. The number of nitrogens with one attached hydrogen (secondary N) is 1. The predicted molar refractivity (Wildman–Crippen MR) is 36.4 cm³/mol. The number of carbonyl (C=O) groups excluding carboxylic acids is 1. The van der Waals surface area contributed by atoms with E-state index >= 15 is 0 Å². The summed E-state index contributed by atoms with van der Waals surface area (Å²) in [6.07, 6.45) is 0.687. The maximum Gasteiger partial charge on any atom is 0.322 e. The number of rotatable bonds is 1. The molecular formula is C6H12N2O2. The van der Waals surface area contributed by atoms with Gasteiger partial charge in [0, 0.05) is 12.6 Å². The van der Waals surface area contributed by atoms with Gasteiger partial charge in [-0.3, -0.25) is 4.79 Å². The van der Waals surface area contributed by atoms with Crippen LogP contribution in [0.5, 0.6) is 0 Å². The molecule has 0 saturated carbocycles. The van der Waals surface area contributed by atoms with E-state index < -0.39 is 0 Å². The van der Waals surface area contributed by atoms with Gasteiger partial charge >= 0.3 is 5.97 Å². The number of hydrogen-bond acceptors (Lipinski definition) is 4. The number of hydrogen-bond donors (Lipinski definition) is 2. The number of methoxy groups -OCH3 is 1. The predicted octanol–water partition coefficient (Wildman–Crippen LogP) is -1.15. The van der Waals surface area contributed by atoms with Crippen molar-refractivity contribution >= 4 is 5.97 Å². The van der Waals surface area contributed by atoms with Crippen LogP contribution in [0.1, 0.15) is 6.42 Å². The highest BCUT2D eigenvalue weighted by Crippen LogP contribution is 2.04. The van der Waals surface area contributed by atoms with Crippen LogP contribution >= 0.6 is 0 Å². The minimum atomic E-state index is -0.215. The van der Waals surface area contributed by atoms with Gasteiger partial charge in [-0.25, -0.2) is 0 Å². The Morgan fingerprint density at radius 2 is 2.50 bits per heavy atom. The lowest BCUT2D eigenvalue weighted by Gasteiger charge is -2.05. The van der Waals surface area contributed by atoms with Crippen LogP contribution in [0.3, 0.4) is 0 Å². The van der Waals surface area contributed by atoms with Crippen LogP contribution in [-0.2, 0) is 9.53 Å². The lowest BCUT2D eigenvalue weighted by Crippen LogP contribution is -2.31. The maximum atomic E-state index is 10.8. The van der Waals surface area contributed by atoms with Crippen molar-refractivity contribution in [3.05, 3.63) is 0 Å². The molecule has 4 nitrogen and oxygen atoms in total. The molecular weight excluding hydrogens is 132 g/mol. The van der Waals surface area contributed by atoms with Crippen LogP contribution in [0.25, 0.3) is 0 Å². The average molecular weight is 144 g/mol. The summed E-state index contributed by atoms with van der Waals surface area (Å²) in [5.41, 5.74) is 5.55. The van der Waals surface area contributed by atoms with Gasteiger partial charge in [-0.15, -0.1) is 0 Å². The van der Waals surface area contributed by atoms with Gasteiger partial charge in [0.25, 0.3) is 0 Å². The van der Waals surface area contributed by atoms with Gasteiger partial charge in [0.15, 0.2) is 0 Å². The maximum absolute atomic E-state index is 10.8. The fourth-order valence-electron chi connectivity index (χ4n) is 1.08. The second-order valence-corrected chi connectivity index (χ2v) is 2.48. The van der Waals surface area contributed by atoms with Crippen molar-refractivity contribution in [1.29, 1.82) is 0 Å². The first kappa shape index (κ1) is 7.50. The highest BCUT2D eigenvalue weighted by Gasteiger charge is 2.27. The molecule has 58 valence electrons. The highest BCUT2D eigenvalue weighted by molar-refractivity contribution is 5.76. The molecule has 2 atom stereocenters. The van der Waals surface area contributed by atoms with Gasteiger partial charge < -0.3 is 15.8 Å². The van der Waals surface area contributed by atoms with Crippen LogP contribution in [-0.4, -0.2) is 31.7 Å². The fraction of sp³-hybridized carbons (Fsp3) is 0.833. The third-order valence-corrected chi connectivity index (χ3v) is 1.65. The summed E-state index contributed by atoms with van der Waals surface area (Å²) in [5, 5.41) is 2.96. The van der Waals surface area contributed by atoms with E-state index in [2.05, 4.69) is 10.1 Å². The molecule has 0 aromatic heterocycles. The zero-order chi connectivity index (χ0) is 7.56. The zero-order valence-electron chi connectivity index (χ0n) is 5.96. The van der Waals surface area contributed by atoms with Crippen molar-refractivity contribution in [3.63, 3.8) is 0 Å². The highest BCUT2D eigenvalue weighted by atomic mass is 16.5. The number of esters is 1. The van der Waals surface area contributed by atoms with Gasteiger partial charge in [0.05, 0.1) is 7.11 Å². The fourth-order valence-corrected chi connectivity index (χ4v) is 1.08. The molecule has 0 bridgehead atoms. The van der Waals surface area contributed by atoms with Gasteiger partial charge in [-0.2, -0.15) is 0 Å². The largest absolute Gasteiger partial charge is 0.468 e. The quantitative estimate of drug-likeness (QED) is 0.456. The molecule has 4 heteroatoms. The van der Waals surface area contributed by atoms with E-state index in [4.69, 9.17) is 5.73 Å². The molecule has 1 aliphatic heterocycles. The molecule has 1 aliphatic rings. The lowest BCUT2D eigenvalue weighted by molar-refractivity contribution is -0.142. The zero-order valence-corrected chi connectivity index (χ0v) is 5.96. The van der Waals surface area contributed by atoms with Crippen LogP contribution in [0.15, 0.2) is 0 Å². The Morgan fingerprint density at radius 3 is 2.90 bits per heavy atom. The molecule has 1 rings (SSSR count). The number of ether oxygens (including phenoxy) is 1. The van der Waals surface area contributed by atoms with E-state index in [9.17, 15) is 4.79 Å². The van der Waals surface area contributed by atoms with E-state index in [0.29, 0.717) is 13.0 Å². The van der Waals surface area contributed by atoms with Crippen LogP contribution < -0.4 is 11.1 Å². The summed E-state index contributed by atoms with van der Waals surface area (Å²) in [4.78, 5) is 10.8. The molecule has 0 radical (unpaired) electrons. The summed E-state index contributed by atoms with van der Waals surface area (Å²) in [6, 6.07) is -0.0795. The monoisotopic (exact) mass is 144 g/mol. The normalized spacial score (nSPS) is 32.2. The second kappa shape index (κ2) is 2.98. The minimum Gasteiger partial charge on any atom is -0.468 e. The summed E-state index contributed by atoms with van der Waals surface area (Å²) < 4.78 is 4.53. The molecule has 1 fully saturated rings. The van der Waals surface area contributed by atoms with E-state index in [1.54, 1.807) is 0 Å². The first-order chi connectivity index (χ1) is 4.74. The number of nitrogens with two attached hydrogens (primary N) is 1. The van der Waals surface area contributed by atoms with E-state index in [0.717, 1.165) is 0 Å². The van der Waals surface area contributed by atoms with Crippen molar-refractivity contribution in [2.45, 2.75) is 18.5 Å². The smallest absolute Gasteiger partial charge is 0.322 e. The van der Waals surface area contributed by atoms with Gasteiger partial charge in [0.1, 0.15) is 6.04 Å². The van der Waals surface area contributed by atoms with Gasteiger partial charge in [-0.05, 0) is 6.42 Å². The van der Waals surface area contributed by atoms with E-state index in [1.165, 1.54) is 7.11 Å². The SMILES string of the molecule is COC(=O)[C@H]1C[C@@H](N)CN1. The summed E-state index contributed by atoms with van der Waals surface area (Å²) >= 11 is 0. The molecule has 0 aliphatic carbocycles. The summed E-state index contributed by atoms with van der Waals surface area (Å²) in [7, 11) is 1.38. The van der Waals surface area contributed by atoms with Crippen molar-refractivity contribution in [1.82, 2.24) is 5.32 Å². The molecule has 0 aromatic rings. The van der Waals surface area contributed by atoms with Crippen molar-refractivity contribution in [2.24, 2.45) is 5.73 Å². The topological polar surface area (TPSA) is 64.3 Å². The molecule has 0 unspecified atom stereocenters. The Labute approximate surface area is 59.7 Å². The summed E-state index contributed by atoms with van der Waals surface area (Å²) in [6.45, 7) is 0.708. The Hall–Kier alpha value is -0.610. The average Bonchev–Trinajstić information content (AvgIpc) is 2.34. The molecule has 0 amide bonds. The second-order valence-electron chi connectivity index (χ2n) is 2.48. The van der Waals surface area contributed by atoms with Crippen molar-refractivity contribution < 1.29 is 9.53 Å². The lowest BCUT2D eigenvalue weighted by atomic mass is 10.2. The van der Waals surface area contributed by atoms with E-state index in [-0.39, 0.29) is 18.1 Å². The Kier molecular flexibility index (Phi) is 2.24. The minimum absolute atomic E-state index is 0.101. The molecule has 0 aromatic carbocycles. The molecule has 0 spiro atoms. The standard InChI is InChI=1S/C6H12N2O2/c1-10-6(9)5-2-4(7)3-8-5/h4-5,8H,2-3,7H2,1H3/t4-,5-/m1/s1. The number of carbonyl (C=O) groups is 1. The molecule has 1 saturated heterocycles.